The molecule has 0 aromatic heterocycles. The maximum Gasteiger partial charge on any atom is 0.220 e. The van der Waals surface area contributed by atoms with Crippen molar-refractivity contribution in [2.24, 2.45) is 0 Å². The van der Waals surface area contributed by atoms with E-state index >= 15 is 0 Å². The Morgan fingerprint density at radius 2 is 1.75 bits per heavy atom. The highest BCUT2D eigenvalue weighted by molar-refractivity contribution is 5.76. The highest BCUT2D eigenvalue weighted by Crippen LogP contribution is 2.24. The van der Waals surface area contributed by atoms with E-state index in [-0.39, 0.29) is 11.8 Å². The first-order valence-corrected chi connectivity index (χ1v) is 10.4. The van der Waals surface area contributed by atoms with Crippen LogP contribution in [-0.4, -0.2) is 55.5 Å². The first kappa shape index (κ1) is 20.6. The molecule has 1 amide bonds. The number of likely N-dealkylation sites (N-methyl/N-ethyl adjacent to an activating group) is 1. The molecule has 0 aliphatic carbocycles. The van der Waals surface area contributed by atoms with Crippen molar-refractivity contribution >= 4 is 5.91 Å². The van der Waals surface area contributed by atoms with E-state index in [4.69, 9.17) is 0 Å². The van der Waals surface area contributed by atoms with E-state index in [9.17, 15) is 4.79 Å². The molecule has 1 fully saturated rings. The van der Waals surface area contributed by atoms with Crippen molar-refractivity contribution in [1.82, 2.24) is 15.1 Å². The van der Waals surface area contributed by atoms with Gasteiger partial charge in [-0.25, -0.2) is 0 Å². The lowest BCUT2D eigenvalue weighted by Crippen LogP contribution is -2.47. The van der Waals surface area contributed by atoms with Crippen molar-refractivity contribution in [3.8, 4) is 0 Å². The average molecular weight is 380 g/mol. The summed E-state index contributed by atoms with van der Waals surface area (Å²) < 4.78 is 0. The lowest BCUT2D eigenvalue weighted by molar-refractivity contribution is -0.121. The smallest absolute Gasteiger partial charge is 0.220 e. The van der Waals surface area contributed by atoms with Crippen LogP contribution >= 0.6 is 0 Å². The summed E-state index contributed by atoms with van der Waals surface area (Å²) in [6.07, 6.45) is 1.53. The third kappa shape index (κ3) is 5.91. The SMILES string of the molecule is CC(CC(=O)NCCCN1CCN(C)CC1c1ccccc1)c1ccccc1. The van der Waals surface area contributed by atoms with E-state index in [0.29, 0.717) is 12.5 Å². The van der Waals surface area contributed by atoms with Gasteiger partial charge in [0.1, 0.15) is 0 Å². The molecule has 0 bridgehead atoms. The molecule has 2 unspecified atom stereocenters. The summed E-state index contributed by atoms with van der Waals surface area (Å²) in [5.41, 5.74) is 2.61. The number of hydrogen-bond donors (Lipinski definition) is 1. The third-order valence-electron chi connectivity index (χ3n) is 5.68. The van der Waals surface area contributed by atoms with Gasteiger partial charge in [0, 0.05) is 45.2 Å². The van der Waals surface area contributed by atoms with Crippen molar-refractivity contribution in [1.29, 1.82) is 0 Å². The lowest BCUT2D eigenvalue weighted by atomic mass is 9.97. The van der Waals surface area contributed by atoms with Gasteiger partial charge in [-0.2, -0.15) is 0 Å². The Hall–Kier alpha value is -2.17. The summed E-state index contributed by atoms with van der Waals surface area (Å²) in [5, 5.41) is 3.11. The number of carbonyl (C=O) groups excluding carboxylic acids is 1. The van der Waals surface area contributed by atoms with Gasteiger partial charge >= 0.3 is 0 Å². The summed E-state index contributed by atoms with van der Waals surface area (Å²) in [4.78, 5) is 17.2. The predicted molar refractivity (Wildman–Crippen MR) is 115 cm³/mol. The van der Waals surface area contributed by atoms with E-state index in [0.717, 1.165) is 39.1 Å². The molecule has 2 atom stereocenters. The van der Waals surface area contributed by atoms with Gasteiger partial charge in [0.15, 0.2) is 0 Å². The molecule has 0 radical (unpaired) electrons. The number of benzene rings is 2. The van der Waals surface area contributed by atoms with Crippen LogP contribution in [0, 0.1) is 0 Å². The molecule has 1 aliphatic heterocycles. The number of nitrogens with one attached hydrogen (secondary N) is 1. The quantitative estimate of drug-likeness (QED) is 0.711. The lowest BCUT2D eigenvalue weighted by Gasteiger charge is -2.40. The molecule has 1 aliphatic rings. The van der Waals surface area contributed by atoms with Crippen LogP contribution in [0.25, 0.3) is 0 Å². The zero-order valence-corrected chi connectivity index (χ0v) is 17.2. The number of nitrogens with zero attached hydrogens (tertiary/aromatic N) is 2. The molecule has 0 spiro atoms. The summed E-state index contributed by atoms with van der Waals surface area (Å²) in [6, 6.07) is 21.5. The summed E-state index contributed by atoms with van der Waals surface area (Å²) >= 11 is 0. The standard InChI is InChI=1S/C24H33N3O/c1-20(21-10-5-3-6-11-21)18-24(28)25-14-9-15-27-17-16-26(2)19-23(27)22-12-7-4-8-13-22/h3-8,10-13,20,23H,9,14-19H2,1-2H3,(H,25,28). The first-order chi connectivity index (χ1) is 13.6. The minimum absolute atomic E-state index is 0.148. The average Bonchev–Trinajstić information content (AvgIpc) is 2.73. The normalized spacial score (nSPS) is 19.3. The van der Waals surface area contributed by atoms with Crippen LogP contribution in [0.15, 0.2) is 60.7 Å². The van der Waals surface area contributed by atoms with E-state index in [2.05, 4.69) is 71.6 Å². The molecule has 150 valence electrons. The summed E-state index contributed by atoms with van der Waals surface area (Å²) in [5.74, 6) is 0.399. The fraction of sp³-hybridized carbons (Fsp3) is 0.458. The van der Waals surface area contributed by atoms with Gasteiger partial charge in [0.05, 0.1) is 0 Å². The minimum atomic E-state index is 0.148. The van der Waals surface area contributed by atoms with Gasteiger partial charge in [-0.3, -0.25) is 9.69 Å². The van der Waals surface area contributed by atoms with Crippen LogP contribution < -0.4 is 5.32 Å². The maximum absolute atomic E-state index is 12.3. The Morgan fingerprint density at radius 1 is 1.07 bits per heavy atom. The Balaban J connectivity index is 1.43. The van der Waals surface area contributed by atoms with Gasteiger partial charge in [0.25, 0.3) is 0 Å². The monoisotopic (exact) mass is 379 g/mol. The van der Waals surface area contributed by atoms with Crippen LogP contribution in [0.4, 0.5) is 0 Å². The Bertz CT molecular complexity index is 719. The number of hydrogen-bond acceptors (Lipinski definition) is 3. The molecule has 2 aromatic rings. The minimum Gasteiger partial charge on any atom is -0.356 e. The topological polar surface area (TPSA) is 35.6 Å². The molecule has 28 heavy (non-hydrogen) atoms. The second-order valence-corrected chi connectivity index (χ2v) is 7.94. The van der Waals surface area contributed by atoms with Crippen LogP contribution in [0.3, 0.4) is 0 Å². The number of amides is 1. The fourth-order valence-electron chi connectivity index (χ4n) is 3.98. The van der Waals surface area contributed by atoms with Crippen LogP contribution in [-0.2, 0) is 4.79 Å². The Labute approximate surface area is 169 Å². The third-order valence-corrected chi connectivity index (χ3v) is 5.68. The summed E-state index contributed by atoms with van der Waals surface area (Å²) in [6.45, 7) is 7.12. The van der Waals surface area contributed by atoms with Gasteiger partial charge in [-0.1, -0.05) is 67.6 Å². The number of piperazine rings is 1. The van der Waals surface area contributed by atoms with Crippen LogP contribution in [0.2, 0.25) is 0 Å². The van der Waals surface area contributed by atoms with Crippen LogP contribution in [0.1, 0.15) is 42.9 Å². The van der Waals surface area contributed by atoms with Gasteiger partial charge in [-0.15, -0.1) is 0 Å². The fourth-order valence-corrected chi connectivity index (χ4v) is 3.98. The molecule has 1 saturated heterocycles. The molecular weight excluding hydrogens is 346 g/mol. The molecule has 0 saturated carbocycles. The molecular formula is C24H33N3O. The van der Waals surface area contributed by atoms with Crippen LogP contribution in [0.5, 0.6) is 0 Å². The van der Waals surface area contributed by atoms with Crippen molar-refractivity contribution in [3.05, 3.63) is 71.8 Å². The molecule has 1 N–H and O–H groups in total. The van der Waals surface area contributed by atoms with E-state index in [1.54, 1.807) is 0 Å². The van der Waals surface area contributed by atoms with Gasteiger partial charge < -0.3 is 10.2 Å². The Kier molecular flexibility index (Phi) is 7.63. The molecule has 3 rings (SSSR count). The van der Waals surface area contributed by atoms with Crippen molar-refractivity contribution in [3.63, 3.8) is 0 Å². The molecule has 4 heteroatoms. The molecule has 1 heterocycles. The van der Waals surface area contributed by atoms with E-state index in [1.165, 1.54) is 11.1 Å². The first-order valence-electron chi connectivity index (χ1n) is 10.4. The summed E-state index contributed by atoms with van der Waals surface area (Å²) in [7, 11) is 2.20. The van der Waals surface area contributed by atoms with Crippen molar-refractivity contribution in [2.45, 2.75) is 31.7 Å². The predicted octanol–water partition coefficient (Wildman–Crippen LogP) is 3.68. The highest BCUT2D eigenvalue weighted by Gasteiger charge is 2.25. The van der Waals surface area contributed by atoms with Gasteiger partial charge in [0.2, 0.25) is 5.91 Å². The zero-order chi connectivity index (χ0) is 19.8. The van der Waals surface area contributed by atoms with Gasteiger partial charge in [-0.05, 0) is 30.5 Å². The highest BCUT2D eigenvalue weighted by atomic mass is 16.1. The maximum atomic E-state index is 12.3. The van der Waals surface area contributed by atoms with Crippen molar-refractivity contribution in [2.75, 3.05) is 39.8 Å². The number of rotatable bonds is 8. The van der Waals surface area contributed by atoms with E-state index in [1.807, 2.05) is 18.2 Å². The zero-order valence-electron chi connectivity index (χ0n) is 17.2. The van der Waals surface area contributed by atoms with Crippen molar-refractivity contribution < 1.29 is 4.79 Å². The number of carbonyl (C=O) groups is 1. The second-order valence-electron chi connectivity index (χ2n) is 7.94. The molecule has 4 nitrogen and oxygen atoms in total. The largest absolute Gasteiger partial charge is 0.356 e. The Morgan fingerprint density at radius 3 is 2.46 bits per heavy atom. The second kappa shape index (κ2) is 10.4. The van der Waals surface area contributed by atoms with E-state index < -0.39 is 0 Å². The molecule has 2 aromatic carbocycles.